The van der Waals surface area contributed by atoms with E-state index in [0.29, 0.717) is 18.8 Å². The Hall–Kier alpha value is -1.39. The number of hydrogen-bond acceptors (Lipinski definition) is 2. The normalized spacial score (nSPS) is 10.6. The van der Waals surface area contributed by atoms with Crippen LogP contribution >= 0.6 is 15.9 Å². The lowest BCUT2D eigenvalue weighted by atomic mass is 10.1. The second-order valence-corrected chi connectivity index (χ2v) is 5.42. The van der Waals surface area contributed by atoms with E-state index in [1.54, 1.807) is 12.1 Å². The van der Waals surface area contributed by atoms with Crippen molar-refractivity contribution in [3.8, 4) is 0 Å². The Bertz CT molecular complexity index is 586. The first-order valence-corrected chi connectivity index (χ1v) is 7.47. The lowest BCUT2D eigenvalue weighted by Gasteiger charge is -2.26. The van der Waals surface area contributed by atoms with E-state index in [1.165, 1.54) is 6.07 Å². The minimum atomic E-state index is -0.215. The molecule has 0 aliphatic heterocycles. The molecule has 0 aromatic heterocycles. The van der Waals surface area contributed by atoms with Crippen LogP contribution in [0.25, 0.3) is 0 Å². The van der Waals surface area contributed by atoms with Gasteiger partial charge in [-0.3, -0.25) is 0 Å². The van der Waals surface area contributed by atoms with Crippen molar-refractivity contribution in [3.63, 3.8) is 0 Å². The first-order chi connectivity index (χ1) is 9.67. The van der Waals surface area contributed by atoms with Gasteiger partial charge in [-0.05, 0) is 49.7 Å². The Labute approximate surface area is 127 Å². The Balaban J connectivity index is 2.51. The van der Waals surface area contributed by atoms with Gasteiger partial charge in [0.15, 0.2) is 0 Å². The predicted molar refractivity (Wildman–Crippen MR) is 86.0 cm³/mol. The highest BCUT2D eigenvalue weighted by molar-refractivity contribution is 9.10. The van der Waals surface area contributed by atoms with Crippen LogP contribution in [0.5, 0.6) is 0 Å². The van der Waals surface area contributed by atoms with Crippen molar-refractivity contribution in [1.29, 1.82) is 0 Å². The molecule has 2 aromatic carbocycles. The molecule has 0 heterocycles. The quantitative estimate of drug-likeness (QED) is 0.884. The Kier molecular flexibility index (Phi) is 5.15. The molecule has 106 valence electrons. The average molecular weight is 337 g/mol. The molecule has 0 atom stereocenters. The van der Waals surface area contributed by atoms with Crippen molar-refractivity contribution < 1.29 is 4.39 Å². The molecule has 0 aliphatic rings. The average Bonchev–Trinajstić information content (AvgIpc) is 2.44. The highest BCUT2D eigenvalue weighted by Gasteiger charge is 2.15. The van der Waals surface area contributed by atoms with Crippen LogP contribution < -0.4 is 10.6 Å². The Morgan fingerprint density at radius 2 is 1.90 bits per heavy atom. The van der Waals surface area contributed by atoms with Gasteiger partial charge in [0.05, 0.1) is 5.69 Å². The number of para-hydroxylation sites is 1. The fourth-order valence-corrected chi connectivity index (χ4v) is 2.65. The maximum absolute atomic E-state index is 14.1. The van der Waals surface area contributed by atoms with Crippen LogP contribution in [0.15, 0.2) is 46.9 Å². The SMILES string of the molecule is CCN(c1ccccc1F)c1cc(Br)ccc1CCN. The maximum atomic E-state index is 14.1. The fourth-order valence-electron chi connectivity index (χ4n) is 2.30. The van der Waals surface area contributed by atoms with Crippen LogP contribution in [-0.2, 0) is 6.42 Å². The summed E-state index contributed by atoms with van der Waals surface area (Å²) in [5, 5.41) is 0. The molecule has 2 aromatic rings. The summed E-state index contributed by atoms with van der Waals surface area (Å²) in [4.78, 5) is 1.98. The van der Waals surface area contributed by atoms with E-state index in [9.17, 15) is 4.39 Å². The maximum Gasteiger partial charge on any atom is 0.146 e. The van der Waals surface area contributed by atoms with E-state index < -0.39 is 0 Å². The summed E-state index contributed by atoms with van der Waals surface area (Å²) in [5.41, 5.74) is 8.39. The lowest BCUT2D eigenvalue weighted by molar-refractivity contribution is 0.625. The molecule has 0 amide bonds. The zero-order chi connectivity index (χ0) is 14.5. The molecule has 2 N–H and O–H groups in total. The van der Waals surface area contributed by atoms with Crippen LogP contribution in [0.4, 0.5) is 15.8 Å². The molecular weight excluding hydrogens is 319 g/mol. The predicted octanol–water partition coefficient (Wildman–Crippen LogP) is 4.25. The lowest BCUT2D eigenvalue weighted by Crippen LogP contribution is -2.20. The number of anilines is 2. The number of nitrogens with two attached hydrogens (primary N) is 1. The number of rotatable bonds is 5. The number of nitrogens with zero attached hydrogens (tertiary/aromatic N) is 1. The second kappa shape index (κ2) is 6.86. The third-order valence-corrected chi connectivity index (χ3v) is 3.70. The van der Waals surface area contributed by atoms with Gasteiger partial charge in [-0.1, -0.05) is 34.1 Å². The molecule has 20 heavy (non-hydrogen) atoms. The summed E-state index contributed by atoms with van der Waals surface area (Å²) in [6.07, 6.45) is 0.771. The summed E-state index contributed by atoms with van der Waals surface area (Å²) in [5.74, 6) is -0.215. The van der Waals surface area contributed by atoms with E-state index >= 15 is 0 Å². The van der Waals surface area contributed by atoms with E-state index in [2.05, 4.69) is 15.9 Å². The largest absolute Gasteiger partial charge is 0.339 e. The molecule has 0 saturated carbocycles. The molecule has 0 fully saturated rings. The zero-order valence-corrected chi connectivity index (χ0v) is 13.0. The van der Waals surface area contributed by atoms with Crippen molar-refractivity contribution in [3.05, 3.63) is 58.3 Å². The van der Waals surface area contributed by atoms with Crippen molar-refractivity contribution in [2.75, 3.05) is 18.0 Å². The van der Waals surface area contributed by atoms with Crippen molar-refractivity contribution in [2.24, 2.45) is 5.73 Å². The molecule has 0 spiro atoms. The smallest absolute Gasteiger partial charge is 0.146 e. The zero-order valence-electron chi connectivity index (χ0n) is 11.4. The van der Waals surface area contributed by atoms with E-state index in [-0.39, 0.29) is 5.82 Å². The minimum absolute atomic E-state index is 0.215. The van der Waals surface area contributed by atoms with Gasteiger partial charge in [0.25, 0.3) is 0 Å². The summed E-state index contributed by atoms with van der Waals surface area (Å²) < 4.78 is 15.0. The highest BCUT2D eigenvalue weighted by Crippen LogP contribution is 2.32. The third kappa shape index (κ3) is 3.19. The van der Waals surface area contributed by atoms with Gasteiger partial charge in [-0.15, -0.1) is 0 Å². The standard InChI is InChI=1S/C16H18BrFN2/c1-2-20(15-6-4-3-5-14(15)18)16-11-13(17)8-7-12(16)9-10-19/h3-8,11H,2,9-10,19H2,1H3. The van der Waals surface area contributed by atoms with Crippen molar-refractivity contribution >= 4 is 27.3 Å². The molecule has 2 nitrogen and oxygen atoms in total. The van der Waals surface area contributed by atoms with Crippen LogP contribution in [0.1, 0.15) is 12.5 Å². The van der Waals surface area contributed by atoms with E-state index in [4.69, 9.17) is 5.73 Å². The molecule has 0 saturated heterocycles. The van der Waals surface area contributed by atoms with Gasteiger partial charge >= 0.3 is 0 Å². The summed E-state index contributed by atoms with van der Waals surface area (Å²) in [6.45, 7) is 3.28. The number of halogens is 2. The summed E-state index contributed by atoms with van der Waals surface area (Å²) in [7, 11) is 0. The molecule has 4 heteroatoms. The molecule has 0 bridgehead atoms. The van der Waals surface area contributed by atoms with Gasteiger partial charge < -0.3 is 10.6 Å². The molecule has 0 unspecified atom stereocenters. The van der Waals surface area contributed by atoms with Crippen LogP contribution in [-0.4, -0.2) is 13.1 Å². The van der Waals surface area contributed by atoms with E-state index in [0.717, 1.165) is 22.1 Å². The molecule has 0 radical (unpaired) electrons. The molecule has 0 aliphatic carbocycles. The third-order valence-electron chi connectivity index (χ3n) is 3.21. The fraction of sp³-hybridized carbons (Fsp3) is 0.250. The van der Waals surface area contributed by atoms with Gasteiger partial charge in [-0.2, -0.15) is 0 Å². The first-order valence-electron chi connectivity index (χ1n) is 6.68. The Morgan fingerprint density at radius 1 is 1.15 bits per heavy atom. The highest BCUT2D eigenvalue weighted by atomic mass is 79.9. The topological polar surface area (TPSA) is 29.3 Å². The summed E-state index contributed by atoms with van der Waals surface area (Å²) in [6, 6.07) is 12.9. The van der Waals surface area contributed by atoms with Gasteiger partial charge in [0, 0.05) is 16.7 Å². The minimum Gasteiger partial charge on any atom is -0.339 e. The van der Waals surface area contributed by atoms with Gasteiger partial charge in [0.2, 0.25) is 0 Å². The molecular formula is C16H18BrFN2. The monoisotopic (exact) mass is 336 g/mol. The second-order valence-electron chi connectivity index (χ2n) is 4.51. The van der Waals surface area contributed by atoms with Gasteiger partial charge in [0.1, 0.15) is 5.82 Å². The van der Waals surface area contributed by atoms with Crippen LogP contribution in [0.3, 0.4) is 0 Å². The number of benzene rings is 2. The van der Waals surface area contributed by atoms with Crippen molar-refractivity contribution in [1.82, 2.24) is 0 Å². The molecule has 2 rings (SSSR count). The summed E-state index contributed by atoms with van der Waals surface area (Å²) >= 11 is 3.48. The first kappa shape index (κ1) is 15.0. The van der Waals surface area contributed by atoms with Crippen LogP contribution in [0.2, 0.25) is 0 Å². The van der Waals surface area contributed by atoms with Gasteiger partial charge in [-0.25, -0.2) is 4.39 Å². The van der Waals surface area contributed by atoms with Crippen molar-refractivity contribution in [2.45, 2.75) is 13.3 Å². The number of hydrogen-bond donors (Lipinski definition) is 1. The van der Waals surface area contributed by atoms with Crippen LogP contribution in [0, 0.1) is 5.82 Å². The Morgan fingerprint density at radius 3 is 2.55 bits per heavy atom. The van der Waals surface area contributed by atoms with E-state index in [1.807, 2.05) is 36.1 Å².